The van der Waals surface area contributed by atoms with Gasteiger partial charge in [-0.25, -0.2) is 0 Å². The van der Waals surface area contributed by atoms with Crippen molar-refractivity contribution in [1.29, 1.82) is 0 Å². The maximum Gasteiger partial charge on any atom is 0.156 e. The van der Waals surface area contributed by atoms with Gasteiger partial charge in [-0.1, -0.05) is 0 Å². The van der Waals surface area contributed by atoms with Crippen LogP contribution >= 0.6 is 0 Å². The number of hydrogen-bond donors (Lipinski definition) is 1. The minimum absolute atomic E-state index is 0. The maximum absolute atomic E-state index is 10.6. The largest absolute Gasteiger partial charge is 0.313 e. The maximum atomic E-state index is 10.6. The number of hydrogen-bond acceptors (Lipinski definition) is 3. The Kier molecular flexibility index (Phi) is 6.41. The SMILES string of the molecule is CC(=O)C(C)(N)C(C)=O.[K]. The molecule has 0 heterocycles. The molecule has 0 aromatic carbocycles. The van der Waals surface area contributed by atoms with Crippen molar-refractivity contribution in [2.45, 2.75) is 26.3 Å². The molecular formula is C6H11KNO2. The Morgan fingerprint density at radius 1 is 1.20 bits per heavy atom. The monoisotopic (exact) mass is 168 g/mol. The zero-order chi connectivity index (χ0) is 7.65. The molecule has 0 aliphatic rings. The van der Waals surface area contributed by atoms with Gasteiger partial charge >= 0.3 is 0 Å². The summed E-state index contributed by atoms with van der Waals surface area (Å²) < 4.78 is 0. The van der Waals surface area contributed by atoms with E-state index in [-0.39, 0.29) is 63.0 Å². The van der Waals surface area contributed by atoms with Crippen LogP contribution in [0.25, 0.3) is 0 Å². The van der Waals surface area contributed by atoms with Crippen molar-refractivity contribution in [2.24, 2.45) is 5.73 Å². The Morgan fingerprint density at radius 3 is 1.40 bits per heavy atom. The smallest absolute Gasteiger partial charge is 0.156 e. The summed E-state index contributed by atoms with van der Waals surface area (Å²) in [7, 11) is 0. The second kappa shape index (κ2) is 4.74. The molecule has 0 aromatic heterocycles. The Morgan fingerprint density at radius 2 is 1.40 bits per heavy atom. The third kappa shape index (κ3) is 3.36. The first-order valence-electron chi connectivity index (χ1n) is 2.70. The molecule has 0 rings (SSSR count). The standard InChI is InChI=1S/C6H11NO2.K/c1-4(8)6(3,7)5(2)9;/h7H2,1-3H3;. The van der Waals surface area contributed by atoms with Gasteiger partial charge in [0, 0.05) is 51.4 Å². The molecule has 0 unspecified atom stereocenters. The number of Topliss-reactive ketones (excluding diaryl/α,β-unsaturated/α-hetero) is 2. The first-order valence-corrected chi connectivity index (χ1v) is 2.70. The molecule has 0 saturated carbocycles. The van der Waals surface area contributed by atoms with Gasteiger partial charge in [0.05, 0.1) is 0 Å². The van der Waals surface area contributed by atoms with Crippen LogP contribution in [-0.4, -0.2) is 68.5 Å². The van der Waals surface area contributed by atoms with E-state index >= 15 is 0 Å². The molecule has 0 saturated heterocycles. The van der Waals surface area contributed by atoms with Crippen molar-refractivity contribution in [3.8, 4) is 0 Å². The average molecular weight is 168 g/mol. The van der Waals surface area contributed by atoms with Gasteiger partial charge in [0.25, 0.3) is 0 Å². The summed E-state index contributed by atoms with van der Waals surface area (Å²) in [6.45, 7) is 4.03. The van der Waals surface area contributed by atoms with Crippen LogP contribution in [0.3, 0.4) is 0 Å². The van der Waals surface area contributed by atoms with Crippen molar-refractivity contribution >= 4 is 63.0 Å². The van der Waals surface area contributed by atoms with Gasteiger partial charge in [0.2, 0.25) is 0 Å². The predicted octanol–water partition coefficient (Wildman–Crippen LogP) is -0.499. The third-order valence-electron chi connectivity index (χ3n) is 1.46. The summed E-state index contributed by atoms with van der Waals surface area (Å²) in [5.74, 6) is -0.593. The molecule has 0 amide bonds. The van der Waals surface area contributed by atoms with Gasteiger partial charge in [0.15, 0.2) is 11.6 Å². The Labute approximate surface area is 103 Å². The quantitative estimate of drug-likeness (QED) is 0.447. The normalized spacial score (nSPS) is 10.0. The van der Waals surface area contributed by atoms with Crippen molar-refractivity contribution in [3.63, 3.8) is 0 Å². The molecule has 0 atom stereocenters. The van der Waals surface area contributed by atoms with Crippen molar-refractivity contribution < 1.29 is 9.59 Å². The molecule has 3 nitrogen and oxygen atoms in total. The van der Waals surface area contributed by atoms with Gasteiger partial charge in [0.1, 0.15) is 5.54 Å². The van der Waals surface area contributed by atoms with Crippen LogP contribution in [0.5, 0.6) is 0 Å². The molecule has 0 aromatic rings. The van der Waals surface area contributed by atoms with E-state index in [1.54, 1.807) is 0 Å². The van der Waals surface area contributed by atoms with Crippen molar-refractivity contribution in [2.75, 3.05) is 0 Å². The van der Waals surface area contributed by atoms with Crippen LogP contribution in [0, 0.1) is 0 Å². The fourth-order valence-corrected chi connectivity index (χ4v) is 0.248. The zero-order valence-corrected chi connectivity index (χ0v) is 10.0. The van der Waals surface area contributed by atoms with Crippen LogP contribution in [0.1, 0.15) is 20.8 Å². The van der Waals surface area contributed by atoms with Gasteiger partial charge in [-0.15, -0.1) is 0 Å². The first-order chi connectivity index (χ1) is 3.89. The first kappa shape index (κ1) is 13.5. The van der Waals surface area contributed by atoms with Crippen LogP contribution in [0.2, 0.25) is 0 Å². The van der Waals surface area contributed by atoms with Crippen LogP contribution in [0.4, 0.5) is 0 Å². The molecule has 0 bridgehead atoms. The van der Waals surface area contributed by atoms with E-state index in [4.69, 9.17) is 5.73 Å². The predicted molar refractivity (Wildman–Crippen MR) is 39.7 cm³/mol. The van der Waals surface area contributed by atoms with Crippen molar-refractivity contribution in [1.82, 2.24) is 0 Å². The Balaban J connectivity index is 0. The number of carbonyl (C=O) groups is 2. The van der Waals surface area contributed by atoms with Crippen molar-refractivity contribution in [3.05, 3.63) is 0 Å². The van der Waals surface area contributed by atoms with E-state index in [1.807, 2.05) is 0 Å². The van der Waals surface area contributed by atoms with Gasteiger partial charge < -0.3 is 5.73 Å². The average Bonchev–Trinajstić information content (AvgIpc) is 1.65. The summed E-state index contributed by atoms with van der Waals surface area (Å²) in [6, 6.07) is 0. The summed E-state index contributed by atoms with van der Waals surface area (Å²) in [5.41, 5.74) is 4.03. The summed E-state index contributed by atoms with van der Waals surface area (Å²) >= 11 is 0. The van der Waals surface area contributed by atoms with Gasteiger partial charge in [-0.2, -0.15) is 0 Å². The molecular weight excluding hydrogens is 157 g/mol. The van der Waals surface area contributed by atoms with Gasteiger partial charge in [-0.05, 0) is 20.8 Å². The number of rotatable bonds is 2. The third-order valence-corrected chi connectivity index (χ3v) is 1.46. The van der Waals surface area contributed by atoms with Crippen LogP contribution in [0.15, 0.2) is 0 Å². The van der Waals surface area contributed by atoms with E-state index < -0.39 is 5.54 Å². The molecule has 53 valence electrons. The van der Waals surface area contributed by atoms with Gasteiger partial charge in [-0.3, -0.25) is 9.59 Å². The van der Waals surface area contributed by atoms with E-state index in [0.29, 0.717) is 0 Å². The molecule has 4 heteroatoms. The minimum atomic E-state index is -1.28. The summed E-state index contributed by atoms with van der Waals surface area (Å²) in [6.07, 6.45) is 0. The number of nitrogens with two attached hydrogens (primary N) is 1. The topological polar surface area (TPSA) is 60.2 Å². The zero-order valence-electron chi connectivity index (χ0n) is 6.89. The van der Waals surface area contributed by atoms with Crippen LogP contribution in [-0.2, 0) is 9.59 Å². The van der Waals surface area contributed by atoms with E-state index in [2.05, 4.69) is 0 Å². The molecule has 1 radical (unpaired) electrons. The number of carbonyl (C=O) groups excluding carboxylic acids is 2. The Hall–Kier alpha value is 0.936. The fourth-order valence-electron chi connectivity index (χ4n) is 0.248. The Bertz CT molecular complexity index is 138. The molecule has 10 heavy (non-hydrogen) atoms. The number of ketones is 2. The van der Waals surface area contributed by atoms with E-state index in [0.717, 1.165) is 0 Å². The van der Waals surface area contributed by atoms with Crippen LogP contribution < -0.4 is 5.73 Å². The minimum Gasteiger partial charge on any atom is -0.313 e. The van der Waals surface area contributed by atoms with E-state index in [9.17, 15) is 9.59 Å². The second-order valence-electron chi connectivity index (χ2n) is 2.31. The molecule has 2 N–H and O–H groups in total. The van der Waals surface area contributed by atoms with E-state index in [1.165, 1.54) is 20.8 Å². The molecule has 0 aliphatic carbocycles. The summed E-state index contributed by atoms with van der Waals surface area (Å²) in [5, 5.41) is 0. The molecule has 0 spiro atoms. The fraction of sp³-hybridized carbons (Fsp3) is 0.667. The molecule has 0 fully saturated rings. The molecule has 0 aliphatic heterocycles. The summed E-state index contributed by atoms with van der Waals surface area (Å²) in [4.78, 5) is 21.1. The second-order valence-corrected chi connectivity index (χ2v) is 2.31.